The maximum absolute atomic E-state index is 12.4. The SMILES string of the molecule is COc1ccc(CNC(=O)c2cc(-c3cccc(OC)c3)nc(=O)[nH]2)cc1. The summed E-state index contributed by atoms with van der Waals surface area (Å²) in [5, 5.41) is 2.78. The summed E-state index contributed by atoms with van der Waals surface area (Å²) >= 11 is 0. The molecule has 0 aliphatic heterocycles. The number of carbonyl (C=O) groups excluding carboxylic acids is 1. The molecule has 0 atom stereocenters. The van der Waals surface area contributed by atoms with E-state index in [4.69, 9.17) is 9.47 Å². The van der Waals surface area contributed by atoms with Crippen LogP contribution in [-0.2, 0) is 6.54 Å². The van der Waals surface area contributed by atoms with Crippen LogP contribution in [0.4, 0.5) is 0 Å². The third-order valence-electron chi connectivity index (χ3n) is 3.97. The summed E-state index contributed by atoms with van der Waals surface area (Å²) in [5.74, 6) is 0.987. The Morgan fingerprint density at radius 1 is 1.04 bits per heavy atom. The maximum atomic E-state index is 12.4. The largest absolute Gasteiger partial charge is 0.497 e. The van der Waals surface area contributed by atoms with E-state index in [1.54, 1.807) is 44.6 Å². The Kier molecular flexibility index (Phi) is 5.51. The summed E-state index contributed by atoms with van der Waals surface area (Å²) in [4.78, 5) is 30.7. The van der Waals surface area contributed by atoms with E-state index in [9.17, 15) is 9.59 Å². The van der Waals surface area contributed by atoms with Gasteiger partial charge in [0.05, 0.1) is 19.9 Å². The first-order valence-corrected chi connectivity index (χ1v) is 8.26. The predicted molar refractivity (Wildman–Crippen MR) is 101 cm³/mol. The van der Waals surface area contributed by atoms with Gasteiger partial charge in [-0.1, -0.05) is 24.3 Å². The van der Waals surface area contributed by atoms with Crippen molar-refractivity contribution in [2.45, 2.75) is 6.54 Å². The average molecular weight is 365 g/mol. The number of hydrogen-bond acceptors (Lipinski definition) is 5. The van der Waals surface area contributed by atoms with Gasteiger partial charge in [-0.25, -0.2) is 4.79 Å². The first-order valence-electron chi connectivity index (χ1n) is 8.26. The van der Waals surface area contributed by atoms with Crippen molar-refractivity contribution in [2.24, 2.45) is 0 Å². The Balaban J connectivity index is 1.78. The van der Waals surface area contributed by atoms with Gasteiger partial charge in [-0.05, 0) is 35.9 Å². The highest BCUT2D eigenvalue weighted by atomic mass is 16.5. The fourth-order valence-corrected chi connectivity index (χ4v) is 2.53. The number of carbonyl (C=O) groups is 1. The Morgan fingerprint density at radius 3 is 2.48 bits per heavy atom. The number of hydrogen-bond donors (Lipinski definition) is 2. The lowest BCUT2D eigenvalue weighted by Crippen LogP contribution is -2.27. The lowest BCUT2D eigenvalue weighted by molar-refractivity contribution is 0.0945. The standard InChI is InChI=1S/C20H19N3O4/c1-26-15-8-6-13(7-9-15)12-21-19(24)18-11-17(22-20(25)23-18)14-4-3-5-16(10-14)27-2/h3-11H,12H2,1-2H3,(H,21,24)(H,22,23,25). The smallest absolute Gasteiger partial charge is 0.346 e. The summed E-state index contributed by atoms with van der Waals surface area (Å²) in [6.07, 6.45) is 0. The Bertz CT molecular complexity index is 997. The van der Waals surface area contributed by atoms with E-state index in [0.717, 1.165) is 11.3 Å². The normalized spacial score (nSPS) is 10.3. The van der Waals surface area contributed by atoms with E-state index in [1.807, 2.05) is 24.3 Å². The van der Waals surface area contributed by atoms with Gasteiger partial charge in [0.1, 0.15) is 17.2 Å². The lowest BCUT2D eigenvalue weighted by atomic mass is 10.1. The molecule has 1 heterocycles. The molecule has 7 heteroatoms. The second-order valence-electron chi connectivity index (χ2n) is 5.75. The number of ether oxygens (including phenoxy) is 2. The Labute approximate surface area is 156 Å². The van der Waals surface area contributed by atoms with E-state index in [2.05, 4.69) is 15.3 Å². The van der Waals surface area contributed by atoms with Crippen LogP contribution in [0, 0.1) is 0 Å². The Hall–Kier alpha value is -3.61. The zero-order valence-electron chi connectivity index (χ0n) is 15.0. The van der Waals surface area contributed by atoms with Gasteiger partial charge < -0.3 is 19.8 Å². The van der Waals surface area contributed by atoms with Crippen molar-refractivity contribution < 1.29 is 14.3 Å². The second kappa shape index (κ2) is 8.18. The molecule has 0 saturated heterocycles. The number of aromatic nitrogens is 2. The molecule has 1 amide bonds. The number of rotatable bonds is 6. The molecule has 138 valence electrons. The minimum Gasteiger partial charge on any atom is -0.497 e. The summed E-state index contributed by atoms with van der Waals surface area (Å²) in [6.45, 7) is 0.321. The lowest BCUT2D eigenvalue weighted by Gasteiger charge is -2.08. The van der Waals surface area contributed by atoms with Crippen molar-refractivity contribution in [1.82, 2.24) is 15.3 Å². The van der Waals surface area contributed by atoms with Crippen molar-refractivity contribution in [3.63, 3.8) is 0 Å². The van der Waals surface area contributed by atoms with Gasteiger partial charge in [0.2, 0.25) is 0 Å². The molecule has 0 spiro atoms. The highest BCUT2D eigenvalue weighted by molar-refractivity contribution is 5.93. The summed E-state index contributed by atoms with van der Waals surface area (Å²) in [7, 11) is 3.15. The molecule has 0 radical (unpaired) electrons. The molecule has 1 aromatic heterocycles. The van der Waals surface area contributed by atoms with Crippen LogP contribution in [0.2, 0.25) is 0 Å². The third-order valence-corrected chi connectivity index (χ3v) is 3.97. The molecular formula is C20H19N3O4. The molecule has 0 fully saturated rings. The van der Waals surface area contributed by atoms with Gasteiger partial charge in [0.25, 0.3) is 5.91 Å². The van der Waals surface area contributed by atoms with Crippen LogP contribution in [0.1, 0.15) is 16.1 Å². The number of nitrogens with zero attached hydrogens (tertiary/aromatic N) is 1. The predicted octanol–water partition coefficient (Wildman–Crippen LogP) is 2.38. The summed E-state index contributed by atoms with van der Waals surface area (Å²) in [5.41, 5.74) is 1.54. The van der Waals surface area contributed by atoms with E-state index < -0.39 is 11.6 Å². The molecule has 3 aromatic rings. The molecule has 0 unspecified atom stereocenters. The van der Waals surface area contributed by atoms with Gasteiger partial charge in [0, 0.05) is 12.1 Å². The van der Waals surface area contributed by atoms with Gasteiger partial charge >= 0.3 is 5.69 Å². The van der Waals surface area contributed by atoms with Crippen LogP contribution in [0.5, 0.6) is 11.5 Å². The van der Waals surface area contributed by atoms with Crippen molar-refractivity contribution in [2.75, 3.05) is 14.2 Å². The monoisotopic (exact) mass is 365 g/mol. The fraction of sp³-hybridized carbons (Fsp3) is 0.150. The van der Waals surface area contributed by atoms with E-state index in [-0.39, 0.29) is 5.69 Å². The van der Waals surface area contributed by atoms with E-state index in [1.165, 1.54) is 0 Å². The van der Waals surface area contributed by atoms with Crippen LogP contribution in [-0.4, -0.2) is 30.1 Å². The Morgan fingerprint density at radius 2 is 1.78 bits per heavy atom. The molecule has 0 bridgehead atoms. The first-order chi connectivity index (χ1) is 13.1. The number of H-pyrrole nitrogens is 1. The zero-order valence-corrected chi connectivity index (χ0v) is 15.0. The van der Waals surface area contributed by atoms with E-state index in [0.29, 0.717) is 23.6 Å². The van der Waals surface area contributed by atoms with Crippen molar-refractivity contribution >= 4 is 5.91 Å². The number of amides is 1. The van der Waals surface area contributed by atoms with Gasteiger partial charge in [-0.2, -0.15) is 4.98 Å². The quantitative estimate of drug-likeness (QED) is 0.700. The number of methoxy groups -OCH3 is 2. The van der Waals surface area contributed by atoms with Crippen LogP contribution in [0.25, 0.3) is 11.3 Å². The average Bonchev–Trinajstić information content (AvgIpc) is 2.72. The minimum atomic E-state index is -0.593. The minimum absolute atomic E-state index is 0.140. The number of aromatic amines is 1. The third kappa shape index (κ3) is 4.52. The van der Waals surface area contributed by atoms with Crippen molar-refractivity contribution in [1.29, 1.82) is 0 Å². The summed E-state index contributed by atoms with van der Waals surface area (Å²) in [6, 6.07) is 16.0. The van der Waals surface area contributed by atoms with E-state index >= 15 is 0 Å². The topological polar surface area (TPSA) is 93.3 Å². The molecule has 7 nitrogen and oxygen atoms in total. The van der Waals surface area contributed by atoms with Crippen LogP contribution < -0.4 is 20.5 Å². The van der Waals surface area contributed by atoms with Crippen molar-refractivity contribution in [3.8, 4) is 22.8 Å². The van der Waals surface area contributed by atoms with Gasteiger partial charge in [-0.15, -0.1) is 0 Å². The second-order valence-corrected chi connectivity index (χ2v) is 5.75. The zero-order chi connectivity index (χ0) is 19.2. The molecular weight excluding hydrogens is 346 g/mol. The first kappa shape index (κ1) is 18.2. The number of benzene rings is 2. The highest BCUT2D eigenvalue weighted by Gasteiger charge is 2.11. The molecule has 2 aromatic carbocycles. The number of nitrogens with one attached hydrogen (secondary N) is 2. The molecule has 0 saturated carbocycles. The summed E-state index contributed by atoms with van der Waals surface area (Å²) < 4.78 is 10.3. The fourth-order valence-electron chi connectivity index (χ4n) is 2.53. The maximum Gasteiger partial charge on any atom is 0.346 e. The van der Waals surface area contributed by atoms with Crippen molar-refractivity contribution in [3.05, 3.63) is 76.3 Å². The van der Waals surface area contributed by atoms with Gasteiger partial charge in [-0.3, -0.25) is 4.79 Å². The van der Waals surface area contributed by atoms with Gasteiger partial charge in [0.15, 0.2) is 0 Å². The van der Waals surface area contributed by atoms with Crippen LogP contribution >= 0.6 is 0 Å². The highest BCUT2D eigenvalue weighted by Crippen LogP contribution is 2.21. The molecule has 27 heavy (non-hydrogen) atoms. The molecule has 3 rings (SSSR count). The molecule has 0 aliphatic rings. The molecule has 0 aliphatic carbocycles. The van der Waals surface area contributed by atoms with Crippen LogP contribution in [0.15, 0.2) is 59.4 Å². The molecule has 2 N–H and O–H groups in total. The van der Waals surface area contributed by atoms with Crippen LogP contribution in [0.3, 0.4) is 0 Å².